The van der Waals surface area contributed by atoms with Gasteiger partial charge in [0.25, 0.3) is 5.91 Å². The molecule has 0 spiro atoms. The number of carbonyl (C=O) groups excluding carboxylic acids is 2. The van der Waals surface area contributed by atoms with Crippen LogP contribution in [0.15, 0.2) is 48.5 Å². The van der Waals surface area contributed by atoms with Gasteiger partial charge in [0.15, 0.2) is 0 Å². The maximum Gasteiger partial charge on any atom is 0.307 e. The van der Waals surface area contributed by atoms with Crippen LogP contribution in [-0.4, -0.2) is 44.1 Å². The Morgan fingerprint density at radius 3 is 2.38 bits per heavy atom. The second-order valence-corrected chi connectivity index (χ2v) is 5.73. The van der Waals surface area contributed by atoms with Gasteiger partial charge in [-0.15, -0.1) is 0 Å². The first kappa shape index (κ1) is 19.4. The molecule has 0 aromatic heterocycles. The van der Waals surface area contributed by atoms with Gasteiger partial charge in [0.05, 0.1) is 20.6 Å². The molecule has 2 aromatic carbocycles. The molecule has 26 heavy (non-hydrogen) atoms. The van der Waals surface area contributed by atoms with Crippen LogP contribution in [0.25, 0.3) is 0 Å². The van der Waals surface area contributed by atoms with Crippen molar-refractivity contribution in [1.82, 2.24) is 4.90 Å². The van der Waals surface area contributed by atoms with Crippen LogP contribution in [0.3, 0.4) is 0 Å². The van der Waals surface area contributed by atoms with Gasteiger partial charge in [-0.1, -0.05) is 18.2 Å². The van der Waals surface area contributed by atoms with Crippen molar-refractivity contribution in [3.05, 3.63) is 65.5 Å². The topological polar surface area (TPSA) is 55.8 Å². The largest absolute Gasteiger partial charge is 0.497 e. The number of methoxy groups -OCH3 is 2. The molecule has 2 aromatic rings. The molecule has 2 rings (SSSR count). The lowest BCUT2D eigenvalue weighted by Crippen LogP contribution is -2.35. The molecule has 0 unspecified atom stereocenters. The predicted molar refractivity (Wildman–Crippen MR) is 95.6 cm³/mol. The van der Waals surface area contributed by atoms with Crippen molar-refractivity contribution in [3.63, 3.8) is 0 Å². The fourth-order valence-electron chi connectivity index (χ4n) is 2.50. The Hall–Kier alpha value is -2.89. The summed E-state index contributed by atoms with van der Waals surface area (Å²) in [5.74, 6) is -0.431. The van der Waals surface area contributed by atoms with Crippen molar-refractivity contribution < 1.29 is 23.5 Å². The molecule has 0 atom stereocenters. The molecular formula is C20H22FNO4. The number of hydrogen-bond donors (Lipinski definition) is 0. The van der Waals surface area contributed by atoms with Gasteiger partial charge in [0, 0.05) is 18.7 Å². The number of esters is 1. The molecule has 0 heterocycles. The number of hydrogen-bond acceptors (Lipinski definition) is 4. The second kappa shape index (κ2) is 9.56. The molecule has 0 aliphatic heterocycles. The summed E-state index contributed by atoms with van der Waals surface area (Å²) in [6, 6.07) is 13.1. The molecule has 0 bridgehead atoms. The highest BCUT2D eigenvalue weighted by atomic mass is 19.1. The van der Waals surface area contributed by atoms with E-state index in [2.05, 4.69) is 4.74 Å². The van der Waals surface area contributed by atoms with Gasteiger partial charge in [-0.25, -0.2) is 4.39 Å². The van der Waals surface area contributed by atoms with E-state index in [-0.39, 0.29) is 24.4 Å². The minimum Gasteiger partial charge on any atom is -0.497 e. The first-order valence-electron chi connectivity index (χ1n) is 8.28. The highest BCUT2D eigenvalue weighted by Gasteiger charge is 2.17. The lowest BCUT2D eigenvalue weighted by molar-refractivity contribution is -0.140. The van der Waals surface area contributed by atoms with Gasteiger partial charge >= 0.3 is 5.97 Å². The minimum absolute atomic E-state index is 0.0835. The molecule has 5 nitrogen and oxygen atoms in total. The maximum absolute atomic E-state index is 13.4. The first-order chi connectivity index (χ1) is 12.5. The molecule has 0 saturated carbocycles. The van der Waals surface area contributed by atoms with Gasteiger partial charge in [-0.05, 0) is 42.3 Å². The third-order valence-electron chi connectivity index (χ3n) is 4.00. The van der Waals surface area contributed by atoms with Crippen molar-refractivity contribution >= 4 is 11.9 Å². The number of ether oxygens (including phenoxy) is 2. The smallest absolute Gasteiger partial charge is 0.307 e. The lowest BCUT2D eigenvalue weighted by atomic mass is 10.1. The van der Waals surface area contributed by atoms with Crippen molar-refractivity contribution in [2.45, 2.75) is 12.8 Å². The summed E-state index contributed by atoms with van der Waals surface area (Å²) in [6.45, 7) is 0.608. The monoisotopic (exact) mass is 359 g/mol. The summed E-state index contributed by atoms with van der Waals surface area (Å²) in [4.78, 5) is 25.7. The Balaban J connectivity index is 2.08. The fourth-order valence-corrected chi connectivity index (χ4v) is 2.50. The molecule has 0 fully saturated rings. The van der Waals surface area contributed by atoms with Crippen molar-refractivity contribution in [2.75, 3.05) is 27.3 Å². The molecular weight excluding hydrogens is 337 g/mol. The van der Waals surface area contributed by atoms with E-state index < -0.39 is 11.8 Å². The highest BCUT2D eigenvalue weighted by molar-refractivity contribution is 5.94. The summed E-state index contributed by atoms with van der Waals surface area (Å²) >= 11 is 0. The SMILES string of the molecule is COC(=O)CCN(CCc1ccc(OC)cc1)C(=O)c1cccc(F)c1. The van der Waals surface area contributed by atoms with Crippen LogP contribution in [0.5, 0.6) is 5.75 Å². The molecule has 138 valence electrons. The maximum atomic E-state index is 13.4. The molecule has 0 radical (unpaired) electrons. The average molecular weight is 359 g/mol. The van der Waals surface area contributed by atoms with Gasteiger partial charge in [0.2, 0.25) is 0 Å². The van der Waals surface area contributed by atoms with Gasteiger partial charge < -0.3 is 14.4 Å². The van der Waals surface area contributed by atoms with Crippen molar-refractivity contribution in [3.8, 4) is 5.75 Å². The van der Waals surface area contributed by atoms with Crippen LogP contribution < -0.4 is 4.74 Å². The van der Waals surface area contributed by atoms with E-state index >= 15 is 0 Å². The zero-order chi connectivity index (χ0) is 18.9. The normalized spacial score (nSPS) is 10.3. The van der Waals surface area contributed by atoms with Gasteiger partial charge in [-0.2, -0.15) is 0 Å². The van der Waals surface area contributed by atoms with Crippen LogP contribution in [0.4, 0.5) is 4.39 Å². The zero-order valence-corrected chi connectivity index (χ0v) is 14.9. The summed E-state index contributed by atoms with van der Waals surface area (Å²) in [5, 5.41) is 0. The molecule has 0 N–H and O–H groups in total. The Bertz CT molecular complexity index is 746. The Labute approximate surface area is 152 Å². The summed E-state index contributed by atoms with van der Waals surface area (Å²) in [7, 11) is 2.90. The van der Waals surface area contributed by atoms with E-state index in [0.717, 1.165) is 11.3 Å². The van der Waals surface area contributed by atoms with E-state index in [9.17, 15) is 14.0 Å². The predicted octanol–water partition coefficient (Wildman–Crippen LogP) is 3.08. The van der Waals surface area contributed by atoms with Gasteiger partial charge in [-0.3, -0.25) is 9.59 Å². The summed E-state index contributed by atoms with van der Waals surface area (Å²) in [6.07, 6.45) is 0.687. The van der Waals surface area contributed by atoms with Crippen LogP contribution in [0.2, 0.25) is 0 Å². The summed E-state index contributed by atoms with van der Waals surface area (Å²) in [5.41, 5.74) is 1.28. The third-order valence-corrected chi connectivity index (χ3v) is 4.00. The average Bonchev–Trinajstić information content (AvgIpc) is 2.67. The van der Waals surface area contributed by atoms with Crippen LogP contribution in [0.1, 0.15) is 22.3 Å². The van der Waals surface area contributed by atoms with Crippen LogP contribution in [0, 0.1) is 5.82 Å². The fraction of sp³-hybridized carbons (Fsp3) is 0.300. The number of nitrogens with zero attached hydrogens (tertiary/aromatic N) is 1. The molecule has 0 aliphatic rings. The number of carbonyl (C=O) groups is 2. The number of benzene rings is 2. The van der Waals surface area contributed by atoms with Crippen LogP contribution in [-0.2, 0) is 16.0 Å². The number of halogens is 1. The standard InChI is InChI=1S/C20H22FNO4/c1-25-18-8-6-15(7-9-18)10-12-22(13-11-19(23)26-2)20(24)16-4-3-5-17(21)14-16/h3-9,14H,10-13H2,1-2H3. The minimum atomic E-state index is -0.473. The third kappa shape index (κ3) is 5.58. The quantitative estimate of drug-likeness (QED) is 0.680. The Kier molecular flexibility index (Phi) is 7.14. The lowest BCUT2D eigenvalue weighted by Gasteiger charge is -2.22. The second-order valence-electron chi connectivity index (χ2n) is 5.73. The molecule has 1 amide bonds. The van der Waals surface area contributed by atoms with E-state index in [1.165, 1.54) is 30.2 Å². The Morgan fingerprint density at radius 1 is 1.04 bits per heavy atom. The zero-order valence-electron chi connectivity index (χ0n) is 14.9. The first-order valence-corrected chi connectivity index (χ1v) is 8.28. The van der Waals surface area contributed by atoms with Crippen LogP contribution >= 0.6 is 0 Å². The van der Waals surface area contributed by atoms with Crippen molar-refractivity contribution in [1.29, 1.82) is 0 Å². The van der Waals surface area contributed by atoms with E-state index in [1.54, 1.807) is 13.2 Å². The highest BCUT2D eigenvalue weighted by Crippen LogP contribution is 2.14. The van der Waals surface area contributed by atoms with Gasteiger partial charge in [0.1, 0.15) is 11.6 Å². The number of amides is 1. The van der Waals surface area contributed by atoms with Crippen molar-refractivity contribution in [2.24, 2.45) is 0 Å². The molecule has 0 saturated heterocycles. The molecule has 0 aliphatic carbocycles. The summed E-state index contributed by atoms with van der Waals surface area (Å²) < 4.78 is 23.2. The van der Waals surface area contributed by atoms with E-state index in [4.69, 9.17) is 4.74 Å². The van der Waals surface area contributed by atoms with E-state index in [1.807, 2.05) is 24.3 Å². The van der Waals surface area contributed by atoms with E-state index in [0.29, 0.717) is 13.0 Å². The molecule has 6 heteroatoms. The Morgan fingerprint density at radius 2 is 1.77 bits per heavy atom. The number of rotatable bonds is 8.